The largest absolute Gasteiger partial charge is 0.481 e. The Bertz CT molecular complexity index is 934. The third kappa shape index (κ3) is 2.26. The molecule has 0 bridgehead atoms. The molecule has 0 fully saturated rings. The number of aromatic nitrogens is 3. The second-order valence-corrected chi connectivity index (χ2v) is 4.97. The van der Waals surface area contributed by atoms with E-state index < -0.39 is 0 Å². The summed E-state index contributed by atoms with van der Waals surface area (Å²) in [4.78, 5) is 27.9. The zero-order valence-electron chi connectivity index (χ0n) is 11.8. The summed E-state index contributed by atoms with van der Waals surface area (Å²) >= 11 is 0. The van der Waals surface area contributed by atoms with E-state index in [0.717, 1.165) is 5.52 Å². The molecule has 0 unspecified atom stereocenters. The number of ether oxygens (including phenoxy) is 1. The summed E-state index contributed by atoms with van der Waals surface area (Å²) < 4.78 is 5.38. The summed E-state index contributed by atoms with van der Waals surface area (Å²) in [5.74, 6) is 0.104. The van der Waals surface area contributed by atoms with Gasteiger partial charge in [-0.1, -0.05) is 6.07 Å². The van der Waals surface area contributed by atoms with E-state index in [1.165, 1.54) is 0 Å². The van der Waals surface area contributed by atoms with Gasteiger partial charge in [0, 0.05) is 12.4 Å². The number of amides is 2. The predicted molar refractivity (Wildman–Crippen MR) is 82.4 cm³/mol. The number of carbonyl (C=O) groups excluding carboxylic acids is 2. The van der Waals surface area contributed by atoms with Crippen molar-refractivity contribution in [1.82, 2.24) is 15.2 Å². The Balaban J connectivity index is 1.68. The van der Waals surface area contributed by atoms with Gasteiger partial charge in [-0.25, -0.2) is 0 Å². The number of carbonyl (C=O) groups is 2. The number of aromatic amines is 1. The second-order valence-electron chi connectivity index (χ2n) is 4.97. The van der Waals surface area contributed by atoms with Gasteiger partial charge in [0.25, 0.3) is 11.8 Å². The maximum absolute atomic E-state index is 12.5. The molecule has 0 atom stereocenters. The number of para-hydroxylation sites is 1. The monoisotopic (exact) mass is 309 g/mol. The summed E-state index contributed by atoms with van der Waals surface area (Å²) in [5, 5.41) is 13.0. The lowest BCUT2D eigenvalue weighted by Crippen LogP contribution is -2.27. The summed E-state index contributed by atoms with van der Waals surface area (Å²) in [6.45, 7) is -0.119. The molecule has 0 saturated heterocycles. The van der Waals surface area contributed by atoms with Crippen molar-refractivity contribution >= 4 is 34.2 Å². The van der Waals surface area contributed by atoms with Crippen molar-refractivity contribution in [2.45, 2.75) is 0 Å². The van der Waals surface area contributed by atoms with E-state index in [1.807, 2.05) is 0 Å². The lowest BCUT2D eigenvalue weighted by Gasteiger charge is -2.20. The van der Waals surface area contributed by atoms with E-state index >= 15 is 0 Å². The lowest BCUT2D eigenvalue weighted by atomic mass is 10.1. The van der Waals surface area contributed by atoms with Gasteiger partial charge in [0.1, 0.15) is 0 Å². The molecule has 8 heteroatoms. The molecule has 3 N–H and O–H groups in total. The van der Waals surface area contributed by atoms with Gasteiger partial charge in [0.15, 0.2) is 18.2 Å². The minimum atomic E-state index is -0.379. The maximum Gasteiger partial charge on any atom is 0.262 e. The van der Waals surface area contributed by atoms with Crippen molar-refractivity contribution in [3.8, 4) is 5.75 Å². The molecular weight excluding hydrogens is 298 g/mol. The van der Waals surface area contributed by atoms with E-state index in [1.54, 1.807) is 36.7 Å². The minimum absolute atomic E-state index is 0.119. The quantitative estimate of drug-likeness (QED) is 0.665. The first-order chi connectivity index (χ1) is 11.2. The van der Waals surface area contributed by atoms with Crippen LogP contribution in [0, 0.1) is 0 Å². The lowest BCUT2D eigenvalue weighted by molar-refractivity contribution is -0.118. The highest BCUT2D eigenvalue weighted by molar-refractivity contribution is 6.11. The van der Waals surface area contributed by atoms with Gasteiger partial charge in [0.05, 0.1) is 22.2 Å². The molecule has 1 aromatic carbocycles. The number of benzene rings is 1. The average molecular weight is 309 g/mol. The van der Waals surface area contributed by atoms with Crippen LogP contribution < -0.4 is 15.4 Å². The molecule has 0 saturated carbocycles. The number of hydrogen-bond acceptors (Lipinski definition) is 5. The number of fused-ring (bicyclic) bond motifs is 2. The van der Waals surface area contributed by atoms with E-state index in [-0.39, 0.29) is 18.4 Å². The van der Waals surface area contributed by atoms with E-state index in [2.05, 4.69) is 25.8 Å². The van der Waals surface area contributed by atoms with Crippen LogP contribution in [0.4, 0.5) is 11.5 Å². The fourth-order valence-electron chi connectivity index (χ4n) is 2.42. The summed E-state index contributed by atoms with van der Waals surface area (Å²) in [5.41, 5.74) is 1.57. The fraction of sp³-hybridized carbons (Fsp3) is 0.0667. The van der Waals surface area contributed by atoms with Crippen molar-refractivity contribution < 1.29 is 14.3 Å². The van der Waals surface area contributed by atoms with E-state index in [9.17, 15) is 9.59 Å². The van der Waals surface area contributed by atoms with Crippen molar-refractivity contribution in [2.75, 3.05) is 17.2 Å². The summed E-state index contributed by atoms with van der Waals surface area (Å²) in [6.07, 6.45) is 3.25. The summed E-state index contributed by atoms with van der Waals surface area (Å²) in [7, 11) is 0. The third-order valence-corrected chi connectivity index (χ3v) is 3.48. The Morgan fingerprint density at radius 3 is 3.13 bits per heavy atom. The van der Waals surface area contributed by atoms with Crippen LogP contribution in [-0.2, 0) is 4.79 Å². The van der Waals surface area contributed by atoms with Crippen molar-refractivity contribution in [3.05, 3.63) is 42.2 Å². The van der Waals surface area contributed by atoms with Crippen LogP contribution >= 0.6 is 0 Å². The van der Waals surface area contributed by atoms with Crippen LogP contribution in [0.25, 0.3) is 10.9 Å². The number of anilines is 2. The molecule has 2 aromatic heterocycles. The van der Waals surface area contributed by atoms with Crippen LogP contribution in [0.5, 0.6) is 5.75 Å². The zero-order chi connectivity index (χ0) is 15.8. The van der Waals surface area contributed by atoms with Gasteiger partial charge >= 0.3 is 0 Å². The molecule has 114 valence electrons. The highest BCUT2D eigenvalue weighted by atomic mass is 16.5. The SMILES string of the molecule is O=C1COc2c(cccc2C(=O)Nc2n[nH]c3ccncc23)N1. The Kier molecular flexibility index (Phi) is 2.94. The van der Waals surface area contributed by atoms with Gasteiger partial charge in [0.2, 0.25) is 0 Å². The van der Waals surface area contributed by atoms with Crippen molar-refractivity contribution in [1.29, 1.82) is 0 Å². The van der Waals surface area contributed by atoms with Crippen LogP contribution in [0.2, 0.25) is 0 Å². The number of pyridine rings is 1. The molecule has 1 aliphatic rings. The first-order valence-electron chi connectivity index (χ1n) is 6.87. The molecule has 3 heterocycles. The molecule has 0 radical (unpaired) electrons. The van der Waals surface area contributed by atoms with Gasteiger partial charge in [-0.3, -0.25) is 19.7 Å². The Morgan fingerprint density at radius 2 is 2.22 bits per heavy atom. The summed E-state index contributed by atoms with van der Waals surface area (Å²) in [6, 6.07) is 6.74. The standard InChI is InChI=1S/C15H11N5O3/c21-12-7-23-13-8(2-1-3-11(13)17-12)15(22)18-14-9-6-16-5-4-10(9)19-20-14/h1-6H,7H2,(H,17,21)(H2,18,19,20,22). The van der Waals surface area contributed by atoms with Gasteiger partial charge in [-0.05, 0) is 18.2 Å². The molecule has 4 rings (SSSR count). The molecule has 8 nitrogen and oxygen atoms in total. The van der Waals surface area contributed by atoms with Crippen molar-refractivity contribution in [2.24, 2.45) is 0 Å². The van der Waals surface area contributed by atoms with Crippen LogP contribution in [0.1, 0.15) is 10.4 Å². The number of H-pyrrole nitrogens is 1. The predicted octanol–water partition coefficient (Wildman–Crippen LogP) is 1.54. The van der Waals surface area contributed by atoms with Crippen LogP contribution in [0.15, 0.2) is 36.7 Å². The van der Waals surface area contributed by atoms with E-state index in [0.29, 0.717) is 28.2 Å². The van der Waals surface area contributed by atoms with Gasteiger partial charge < -0.3 is 15.4 Å². The average Bonchev–Trinajstić information content (AvgIpc) is 2.97. The molecular formula is C15H11N5O3. The molecule has 0 aliphatic carbocycles. The molecule has 23 heavy (non-hydrogen) atoms. The number of nitrogens with zero attached hydrogens (tertiary/aromatic N) is 2. The topological polar surface area (TPSA) is 109 Å². The first kappa shape index (κ1) is 13.3. The molecule has 1 aliphatic heterocycles. The Labute approximate surface area is 129 Å². The maximum atomic E-state index is 12.5. The van der Waals surface area contributed by atoms with Gasteiger partial charge in [-0.2, -0.15) is 5.10 Å². The number of hydrogen-bond donors (Lipinski definition) is 3. The minimum Gasteiger partial charge on any atom is -0.481 e. The highest BCUT2D eigenvalue weighted by Crippen LogP contribution is 2.32. The highest BCUT2D eigenvalue weighted by Gasteiger charge is 2.23. The molecule has 0 spiro atoms. The van der Waals surface area contributed by atoms with Crippen molar-refractivity contribution in [3.63, 3.8) is 0 Å². The van der Waals surface area contributed by atoms with Crippen LogP contribution in [-0.4, -0.2) is 33.6 Å². The third-order valence-electron chi connectivity index (χ3n) is 3.48. The Hall–Kier alpha value is -3.42. The molecule has 2 amide bonds. The second kappa shape index (κ2) is 5.09. The number of rotatable bonds is 2. The molecule has 3 aromatic rings. The zero-order valence-corrected chi connectivity index (χ0v) is 11.8. The normalized spacial score (nSPS) is 13.1. The van der Waals surface area contributed by atoms with Crippen LogP contribution in [0.3, 0.4) is 0 Å². The first-order valence-corrected chi connectivity index (χ1v) is 6.87. The Morgan fingerprint density at radius 1 is 1.30 bits per heavy atom. The number of nitrogens with one attached hydrogen (secondary N) is 3. The van der Waals surface area contributed by atoms with Gasteiger partial charge in [-0.15, -0.1) is 0 Å². The van der Waals surface area contributed by atoms with E-state index in [4.69, 9.17) is 4.74 Å². The fourth-order valence-corrected chi connectivity index (χ4v) is 2.42. The smallest absolute Gasteiger partial charge is 0.262 e.